The summed E-state index contributed by atoms with van der Waals surface area (Å²) in [5.74, 6) is 0. The Bertz CT molecular complexity index is 587. The molecule has 0 heterocycles. The molecule has 2 aromatic rings. The van der Waals surface area contributed by atoms with Crippen molar-refractivity contribution in [3.8, 4) is 0 Å². The number of hydrogen-bond acceptors (Lipinski definition) is 1. The molecule has 18 heavy (non-hydrogen) atoms. The van der Waals surface area contributed by atoms with E-state index in [2.05, 4.69) is 31.9 Å². The van der Waals surface area contributed by atoms with Crippen LogP contribution in [0.3, 0.4) is 0 Å². The van der Waals surface area contributed by atoms with Gasteiger partial charge in [-0.25, -0.2) is 0 Å². The number of benzene rings is 2. The van der Waals surface area contributed by atoms with Crippen LogP contribution in [-0.2, 0) is 0 Å². The van der Waals surface area contributed by atoms with Crippen LogP contribution >= 0.6 is 55.1 Å². The predicted octanol–water partition coefficient (Wildman–Crippen LogP) is 5.60. The van der Waals surface area contributed by atoms with Gasteiger partial charge in [-0.2, -0.15) is 0 Å². The van der Waals surface area contributed by atoms with Crippen molar-refractivity contribution in [1.82, 2.24) is 0 Å². The third-order valence-corrected chi connectivity index (χ3v) is 4.55. The number of halogens is 4. The fourth-order valence-corrected chi connectivity index (χ4v) is 3.30. The molecule has 0 amide bonds. The Labute approximate surface area is 132 Å². The lowest BCUT2D eigenvalue weighted by Crippen LogP contribution is -2.01. The first-order chi connectivity index (χ1) is 8.50. The van der Waals surface area contributed by atoms with Crippen LogP contribution in [0.2, 0.25) is 10.0 Å². The summed E-state index contributed by atoms with van der Waals surface area (Å²) >= 11 is 18.8. The molecule has 0 saturated carbocycles. The molecule has 1 nitrogen and oxygen atoms in total. The van der Waals surface area contributed by atoms with Gasteiger partial charge in [-0.15, -0.1) is 0 Å². The molecule has 0 spiro atoms. The molecule has 0 fully saturated rings. The van der Waals surface area contributed by atoms with Crippen molar-refractivity contribution in [3.05, 3.63) is 66.5 Å². The molecule has 2 rings (SSSR count). The van der Waals surface area contributed by atoms with E-state index < -0.39 is 6.10 Å². The SMILES string of the molecule is OC(c1ccc(Br)cc1Br)c1cccc(Cl)c1Cl. The zero-order valence-electron chi connectivity index (χ0n) is 9.00. The van der Waals surface area contributed by atoms with Crippen molar-refractivity contribution >= 4 is 55.1 Å². The zero-order chi connectivity index (χ0) is 13.3. The first-order valence-corrected chi connectivity index (χ1v) is 7.42. The normalized spacial score (nSPS) is 12.5. The quantitative estimate of drug-likeness (QED) is 0.683. The van der Waals surface area contributed by atoms with E-state index in [0.29, 0.717) is 15.6 Å². The summed E-state index contributed by atoms with van der Waals surface area (Å²) in [4.78, 5) is 0. The largest absolute Gasteiger partial charge is 0.384 e. The fourth-order valence-electron chi connectivity index (χ4n) is 1.62. The standard InChI is InChI=1S/C13H8Br2Cl2O/c14-7-4-5-8(10(15)6-7)13(18)9-2-1-3-11(16)12(9)17/h1-6,13,18H. The van der Waals surface area contributed by atoms with E-state index >= 15 is 0 Å². The third-order valence-electron chi connectivity index (χ3n) is 2.53. The lowest BCUT2D eigenvalue weighted by atomic mass is 10.0. The van der Waals surface area contributed by atoms with Crippen LogP contribution in [0.5, 0.6) is 0 Å². The molecule has 0 radical (unpaired) electrons. The van der Waals surface area contributed by atoms with Crippen molar-refractivity contribution in [3.63, 3.8) is 0 Å². The topological polar surface area (TPSA) is 20.2 Å². The molecular weight excluding hydrogens is 403 g/mol. The Hall–Kier alpha value is -0.0600. The maximum atomic E-state index is 10.4. The molecule has 1 unspecified atom stereocenters. The molecule has 0 aliphatic carbocycles. The second-order valence-corrected chi connectivity index (χ2v) is 6.27. The van der Waals surface area contributed by atoms with Gasteiger partial charge in [-0.1, -0.05) is 73.3 Å². The van der Waals surface area contributed by atoms with Gasteiger partial charge in [0.1, 0.15) is 6.10 Å². The summed E-state index contributed by atoms with van der Waals surface area (Å²) in [6, 6.07) is 10.8. The second kappa shape index (κ2) is 5.93. The van der Waals surface area contributed by atoms with E-state index in [1.165, 1.54) is 0 Å². The van der Waals surface area contributed by atoms with Crippen LogP contribution in [0, 0.1) is 0 Å². The van der Waals surface area contributed by atoms with Crippen LogP contribution < -0.4 is 0 Å². The van der Waals surface area contributed by atoms with E-state index in [1.807, 2.05) is 18.2 Å². The Morgan fingerprint density at radius 2 is 1.72 bits per heavy atom. The van der Waals surface area contributed by atoms with Gasteiger partial charge in [-0.05, 0) is 23.8 Å². The highest BCUT2D eigenvalue weighted by Gasteiger charge is 2.17. The van der Waals surface area contributed by atoms with Gasteiger partial charge < -0.3 is 5.11 Å². The summed E-state index contributed by atoms with van der Waals surface area (Å²) < 4.78 is 1.74. The van der Waals surface area contributed by atoms with Gasteiger partial charge in [0.2, 0.25) is 0 Å². The van der Waals surface area contributed by atoms with Crippen LogP contribution in [0.4, 0.5) is 0 Å². The molecule has 1 N–H and O–H groups in total. The maximum Gasteiger partial charge on any atom is 0.107 e. The average Bonchev–Trinajstić information content (AvgIpc) is 2.32. The first kappa shape index (κ1) is 14.4. The Balaban J connectivity index is 2.48. The van der Waals surface area contributed by atoms with Crippen molar-refractivity contribution in [2.75, 3.05) is 0 Å². The lowest BCUT2D eigenvalue weighted by molar-refractivity contribution is 0.219. The highest BCUT2D eigenvalue weighted by molar-refractivity contribution is 9.11. The van der Waals surface area contributed by atoms with Crippen LogP contribution in [0.15, 0.2) is 45.3 Å². The minimum Gasteiger partial charge on any atom is -0.384 e. The molecule has 1 atom stereocenters. The summed E-state index contributed by atoms with van der Waals surface area (Å²) in [5, 5.41) is 11.2. The minimum absolute atomic E-state index is 0.376. The Kier molecular flexibility index (Phi) is 4.73. The predicted molar refractivity (Wildman–Crippen MR) is 82.4 cm³/mol. The number of rotatable bonds is 2. The van der Waals surface area contributed by atoms with E-state index in [0.717, 1.165) is 14.5 Å². The van der Waals surface area contributed by atoms with Crippen LogP contribution in [0.1, 0.15) is 17.2 Å². The molecule has 94 valence electrons. The summed E-state index contributed by atoms with van der Waals surface area (Å²) in [5.41, 5.74) is 1.33. The fraction of sp³-hybridized carbons (Fsp3) is 0.0769. The highest BCUT2D eigenvalue weighted by atomic mass is 79.9. The number of aliphatic hydroxyl groups excluding tert-OH is 1. The van der Waals surface area contributed by atoms with Crippen molar-refractivity contribution in [1.29, 1.82) is 0 Å². The summed E-state index contributed by atoms with van der Waals surface area (Å²) in [6.45, 7) is 0. The van der Waals surface area contributed by atoms with E-state index in [4.69, 9.17) is 23.2 Å². The zero-order valence-corrected chi connectivity index (χ0v) is 13.7. The number of aliphatic hydroxyl groups is 1. The van der Waals surface area contributed by atoms with Crippen molar-refractivity contribution < 1.29 is 5.11 Å². The smallest absolute Gasteiger partial charge is 0.107 e. The average molecular weight is 411 g/mol. The van der Waals surface area contributed by atoms with Gasteiger partial charge in [0.05, 0.1) is 10.0 Å². The molecule has 0 aliphatic rings. The monoisotopic (exact) mass is 408 g/mol. The van der Waals surface area contributed by atoms with Crippen LogP contribution in [0.25, 0.3) is 0 Å². The van der Waals surface area contributed by atoms with E-state index in [1.54, 1.807) is 18.2 Å². The van der Waals surface area contributed by atoms with Crippen LogP contribution in [-0.4, -0.2) is 5.11 Å². The minimum atomic E-state index is -0.821. The molecule has 0 aliphatic heterocycles. The first-order valence-electron chi connectivity index (χ1n) is 5.07. The molecule has 0 aromatic heterocycles. The van der Waals surface area contributed by atoms with E-state index in [-0.39, 0.29) is 0 Å². The Morgan fingerprint density at radius 3 is 2.39 bits per heavy atom. The molecule has 0 saturated heterocycles. The molecule has 5 heteroatoms. The van der Waals surface area contributed by atoms with Crippen molar-refractivity contribution in [2.24, 2.45) is 0 Å². The summed E-state index contributed by atoms with van der Waals surface area (Å²) in [7, 11) is 0. The highest BCUT2D eigenvalue weighted by Crippen LogP contribution is 2.36. The third kappa shape index (κ3) is 2.91. The van der Waals surface area contributed by atoms with Crippen molar-refractivity contribution in [2.45, 2.75) is 6.10 Å². The van der Waals surface area contributed by atoms with Gasteiger partial charge in [0.15, 0.2) is 0 Å². The Morgan fingerprint density at radius 1 is 1.00 bits per heavy atom. The summed E-state index contributed by atoms with van der Waals surface area (Å²) in [6.07, 6.45) is -0.821. The van der Waals surface area contributed by atoms with E-state index in [9.17, 15) is 5.11 Å². The molecule has 0 bridgehead atoms. The van der Waals surface area contributed by atoms with Gasteiger partial charge in [0, 0.05) is 14.5 Å². The van der Waals surface area contributed by atoms with Gasteiger partial charge >= 0.3 is 0 Å². The lowest BCUT2D eigenvalue weighted by Gasteiger charge is -2.15. The maximum absolute atomic E-state index is 10.4. The second-order valence-electron chi connectivity index (χ2n) is 3.71. The number of hydrogen-bond donors (Lipinski definition) is 1. The van der Waals surface area contributed by atoms with Gasteiger partial charge in [-0.3, -0.25) is 0 Å². The molecular formula is C13H8Br2Cl2O. The van der Waals surface area contributed by atoms with Gasteiger partial charge in [0.25, 0.3) is 0 Å². The molecule has 2 aromatic carbocycles.